The summed E-state index contributed by atoms with van der Waals surface area (Å²) < 4.78 is 10.6. The summed E-state index contributed by atoms with van der Waals surface area (Å²) in [5, 5.41) is 10.0. The molecular weight excluding hydrogens is 290 g/mol. The van der Waals surface area contributed by atoms with Gasteiger partial charge in [0, 0.05) is 19.1 Å². The molecule has 23 heavy (non-hydrogen) atoms. The Morgan fingerprint density at radius 2 is 2.04 bits per heavy atom. The molecule has 0 fully saturated rings. The van der Waals surface area contributed by atoms with Crippen LogP contribution in [-0.2, 0) is 17.7 Å². The first-order valence-electron chi connectivity index (χ1n) is 7.93. The number of hydrogen-bond acceptors (Lipinski definition) is 4. The molecule has 0 aliphatic carbocycles. The minimum Gasteiger partial charge on any atom is -0.504 e. The number of allylic oxidation sites excluding steroid dienone is 3. The number of phenols is 1. The van der Waals surface area contributed by atoms with Crippen LogP contribution >= 0.6 is 0 Å². The fraction of sp³-hybridized carbons (Fsp3) is 0.368. The lowest BCUT2D eigenvalue weighted by Crippen LogP contribution is -2.39. The van der Waals surface area contributed by atoms with Gasteiger partial charge in [-0.25, -0.2) is 0 Å². The molecule has 122 valence electrons. The van der Waals surface area contributed by atoms with Gasteiger partial charge in [0.2, 0.25) is 0 Å². The van der Waals surface area contributed by atoms with Gasteiger partial charge >= 0.3 is 0 Å². The largest absolute Gasteiger partial charge is 0.504 e. The molecule has 1 aromatic carbocycles. The summed E-state index contributed by atoms with van der Waals surface area (Å²) in [6.45, 7) is 1.86. The second-order valence-corrected chi connectivity index (χ2v) is 5.88. The second-order valence-electron chi connectivity index (χ2n) is 5.88. The van der Waals surface area contributed by atoms with Crippen LogP contribution in [0.3, 0.4) is 0 Å². The number of hydrogen-bond donors (Lipinski definition) is 1. The van der Waals surface area contributed by atoms with Gasteiger partial charge in [-0.15, -0.1) is 0 Å². The van der Waals surface area contributed by atoms with Gasteiger partial charge in [0.05, 0.1) is 14.2 Å². The Balaban J connectivity index is 1.89. The molecule has 4 heteroatoms. The van der Waals surface area contributed by atoms with Crippen LogP contribution < -0.4 is 4.74 Å². The van der Waals surface area contributed by atoms with E-state index in [1.807, 2.05) is 24.3 Å². The number of methoxy groups -OCH3 is 2. The van der Waals surface area contributed by atoms with Crippen molar-refractivity contribution < 1.29 is 14.6 Å². The molecule has 1 N–H and O–H groups in total. The SMILES string of the molecule is CO/C1=C/C=C/[C@@H]2Cc3cc(O)c(OC)cc3CN2CCC=C1. The monoisotopic (exact) mass is 313 g/mol. The summed E-state index contributed by atoms with van der Waals surface area (Å²) in [5.74, 6) is 1.63. The predicted molar refractivity (Wildman–Crippen MR) is 90.5 cm³/mol. The summed E-state index contributed by atoms with van der Waals surface area (Å²) in [6, 6.07) is 4.13. The van der Waals surface area contributed by atoms with E-state index in [2.05, 4.69) is 23.1 Å². The maximum absolute atomic E-state index is 10.0. The smallest absolute Gasteiger partial charge is 0.160 e. The molecular formula is C19H23NO3. The van der Waals surface area contributed by atoms with Crippen molar-refractivity contribution in [3.05, 3.63) is 59.4 Å². The van der Waals surface area contributed by atoms with E-state index in [0.717, 1.165) is 31.7 Å². The predicted octanol–water partition coefficient (Wildman–Crippen LogP) is 3.17. The molecule has 0 saturated carbocycles. The number of phenolic OH excluding ortho intramolecular Hbond substituents is 1. The van der Waals surface area contributed by atoms with Crippen molar-refractivity contribution in [2.75, 3.05) is 20.8 Å². The van der Waals surface area contributed by atoms with E-state index in [0.29, 0.717) is 11.8 Å². The lowest BCUT2D eigenvalue weighted by atomic mass is 9.92. The molecule has 0 saturated heterocycles. The van der Waals surface area contributed by atoms with Crippen LogP contribution in [0, 0.1) is 0 Å². The molecule has 2 heterocycles. The fourth-order valence-electron chi connectivity index (χ4n) is 3.19. The first kappa shape index (κ1) is 15.7. The Kier molecular flexibility index (Phi) is 4.72. The van der Waals surface area contributed by atoms with Crippen molar-refractivity contribution in [3.63, 3.8) is 0 Å². The third-order valence-electron chi connectivity index (χ3n) is 4.47. The molecule has 0 unspecified atom stereocenters. The van der Waals surface area contributed by atoms with Crippen molar-refractivity contribution in [1.82, 2.24) is 4.90 Å². The average molecular weight is 313 g/mol. The van der Waals surface area contributed by atoms with E-state index >= 15 is 0 Å². The van der Waals surface area contributed by atoms with Gasteiger partial charge in [-0.2, -0.15) is 0 Å². The second kappa shape index (κ2) is 6.92. The summed E-state index contributed by atoms with van der Waals surface area (Å²) >= 11 is 0. The third-order valence-corrected chi connectivity index (χ3v) is 4.47. The fourth-order valence-corrected chi connectivity index (χ4v) is 3.19. The van der Waals surface area contributed by atoms with Gasteiger partial charge in [-0.05, 0) is 48.3 Å². The lowest BCUT2D eigenvalue weighted by molar-refractivity contribution is 0.207. The van der Waals surface area contributed by atoms with E-state index in [-0.39, 0.29) is 5.75 Å². The molecule has 3 rings (SSSR count). The topological polar surface area (TPSA) is 41.9 Å². The Morgan fingerprint density at radius 1 is 1.17 bits per heavy atom. The molecule has 0 spiro atoms. The van der Waals surface area contributed by atoms with Crippen molar-refractivity contribution in [2.45, 2.75) is 25.4 Å². The zero-order valence-corrected chi connectivity index (χ0v) is 13.7. The van der Waals surface area contributed by atoms with Gasteiger partial charge in [-0.1, -0.05) is 18.2 Å². The molecule has 4 nitrogen and oxygen atoms in total. The molecule has 2 aliphatic heterocycles. The Bertz CT molecular complexity index is 661. The Labute approximate surface area is 137 Å². The highest BCUT2D eigenvalue weighted by Gasteiger charge is 2.25. The highest BCUT2D eigenvalue weighted by molar-refractivity contribution is 5.48. The van der Waals surface area contributed by atoms with Gasteiger partial charge < -0.3 is 14.6 Å². The number of aromatic hydroxyl groups is 1. The summed E-state index contributed by atoms with van der Waals surface area (Å²) in [4.78, 5) is 2.46. The zero-order chi connectivity index (χ0) is 16.2. The van der Waals surface area contributed by atoms with Crippen LogP contribution in [0.15, 0.2) is 48.3 Å². The quantitative estimate of drug-likeness (QED) is 0.910. The minimum atomic E-state index is 0.216. The van der Waals surface area contributed by atoms with Crippen LogP contribution in [0.1, 0.15) is 17.5 Å². The van der Waals surface area contributed by atoms with Crippen LogP contribution in [-0.4, -0.2) is 36.8 Å². The van der Waals surface area contributed by atoms with E-state index in [1.165, 1.54) is 11.1 Å². The number of rotatable bonds is 2. The molecule has 0 aromatic heterocycles. The molecule has 1 atom stereocenters. The summed E-state index contributed by atoms with van der Waals surface area (Å²) in [6.07, 6.45) is 12.3. The zero-order valence-electron chi connectivity index (χ0n) is 13.7. The number of nitrogens with zero attached hydrogens (tertiary/aromatic N) is 1. The van der Waals surface area contributed by atoms with Crippen molar-refractivity contribution >= 4 is 0 Å². The van der Waals surface area contributed by atoms with Crippen LogP contribution in [0.25, 0.3) is 0 Å². The summed E-state index contributed by atoms with van der Waals surface area (Å²) in [5.41, 5.74) is 2.43. The van der Waals surface area contributed by atoms with Crippen LogP contribution in [0.4, 0.5) is 0 Å². The maximum atomic E-state index is 10.0. The summed E-state index contributed by atoms with van der Waals surface area (Å²) in [7, 11) is 3.28. The molecule has 0 bridgehead atoms. The third kappa shape index (κ3) is 3.42. The first-order chi connectivity index (χ1) is 11.2. The first-order valence-corrected chi connectivity index (χ1v) is 7.93. The molecule has 2 aliphatic rings. The lowest BCUT2D eigenvalue weighted by Gasteiger charge is -2.35. The highest BCUT2D eigenvalue weighted by atomic mass is 16.5. The number of benzene rings is 1. The van der Waals surface area contributed by atoms with E-state index in [1.54, 1.807) is 14.2 Å². The van der Waals surface area contributed by atoms with Crippen molar-refractivity contribution in [3.8, 4) is 11.5 Å². The molecule has 0 radical (unpaired) electrons. The van der Waals surface area contributed by atoms with Gasteiger partial charge in [-0.3, -0.25) is 4.90 Å². The van der Waals surface area contributed by atoms with E-state index < -0.39 is 0 Å². The maximum Gasteiger partial charge on any atom is 0.160 e. The van der Waals surface area contributed by atoms with E-state index in [4.69, 9.17) is 9.47 Å². The Hall–Kier alpha value is -2.20. The highest BCUT2D eigenvalue weighted by Crippen LogP contribution is 2.34. The van der Waals surface area contributed by atoms with Gasteiger partial charge in [0.25, 0.3) is 0 Å². The normalized spacial score (nSPS) is 24.8. The van der Waals surface area contributed by atoms with E-state index in [9.17, 15) is 5.11 Å². The van der Waals surface area contributed by atoms with Gasteiger partial charge in [0.1, 0.15) is 5.76 Å². The molecule has 1 aromatic rings. The van der Waals surface area contributed by atoms with Crippen LogP contribution in [0.2, 0.25) is 0 Å². The standard InChI is InChI=1S/C19H23NO3/c1-22-17-7-3-4-9-20-13-15-12-19(23-2)18(21)11-14(15)10-16(20)6-5-8-17/h3,5-8,11-12,16,21H,4,9-10,13H2,1-2H3/b6-5+,7-3?,17-8+/t16-/m1/s1. The minimum absolute atomic E-state index is 0.216. The average Bonchev–Trinajstić information content (AvgIpc) is 2.56. The number of ether oxygens (including phenoxy) is 2. The van der Waals surface area contributed by atoms with Crippen molar-refractivity contribution in [2.24, 2.45) is 0 Å². The van der Waals surface area contributed by atoms with Crippen molar-refractivity contribution in [1.29, 1.82) is 0 Å². The molecule has 0 amide bonds. The Morgan fingerprint density at radius 3 is 2.83 bits per heavy atom. The van der Waals surface area contributed by atoms with Crippen LogP contribution in [0.5, 0.6) is 11.5 Å². The number of fused-ring (bicyclic) bond motifs is 2. The van der Waals surface area contributed by atoms with Gasteiger partial charge in [0.15, 0.2) is 11.5 Å².